The summed E-state index contributed by atoms with van der Waals surface area (Å²) in [5.74, 6) is -0.191. The molecule has 0 aliphatic heterocycles. The molecule has 0 aromatic rings. The van der Waals surface area contributed by atoms with E-state index in [1.807, 2.05) is 27.2 Å². The molecule has 3 unspecified atom stereocenters. The van der Waals surface area contributed by atoms with Gasteiger partial charge in [-0.05, 0) is 44.9 Å². The molecule has 1 amide bonds. The van der Waals surface area contributed by atoms with Gasteiger partial charge in [0.15, 0.2) is 0 Å². The van der Waals surface area contributed by atoms with E-state index >= 15 is 0 Å². The molecule has 0 radical (unpaired) electrons. The first kappa shape index (κ1) is 51.7. The number of allylic oxidation sites excluding steroid dienone is 5. The van der Waals surface area contributed by atoms with Crippen molar-refractivity contribution in [3.63, 3.8) is 0 Å². The number of carbonyl (C=O) groups excluding carboxylic acids is 1. The van der Waals surface area contributed by atoms with Crippen molar-refractivity contribution in [2.45, 2.75) is 199 Å². The average molecular weight is 770 g/mol. The number of nitrogens with one attached hydrogen (secondary N) is 1. The molecule has 53 heavy (non-hydrogen) atoms. The average Bonchev–Trinajstić information content (AvgIpc) is 3.10. The Bertz CT molecular complexity index is 964. The normalized spacial score (nSPS) is 14.8. The molecule has 0 aliphatic carbocycles. The van der Waals surface area contributed by atoms with Crippen molar-refractivity contribution in [2.24, 2.45) is 0 Å². The molecule has 3 N–H and O–H groups in total. The number of hydrogen-bond acceptors (Lipinski definition) is 5. The van der Waals surface area contributed by atoms with Gasteiger partial charge in [-0.25, -0.2) is 4.57 Å². The van der Waals surface area contributed by atoms with Gasteiger partial charge in [0.1, 0.15) is 13.2 Å². The Balaban J connectivity index is 4.47. The molecular weight excluding hydrogens is 683 g/mol. The van der Waals surface area contributed by atoms with Crippen LogP contribution in [-0.4, -0.2) is 73.4 Å². The van der Waals surface area contributed by atoms with E-state index in [1.54, 1.807) is 6.08 Å². The summed E-state index contributed by atoms with van der Waals surface area (Å²) in [7, 11) is 1.55. The third kappa shape index (κ3) is 38.8. The summed E-state index contributed by atoms with van der Waals surface area (Å²) < 4.78 is 23.5. The molecule has 9 heteroatoms. The van der Waals surface area contributed by atoms with Crippen LogP contribution in [0.25, 0.3) is 0 Å². The number of phosphoric acid groups is 1. The van der Waals surface area contributed by atoms with Crippen molar-refractivity contribution < 1.29 is 32.9 Å². The van der Waals surface area contributed by atoms with Crippen molar-refractivity contribution in [1.29, 1.82) is 0 Å². The van der Waals surface area contributed by atoms with E-state index in [0.29, 0.717) is 17.4 Å². The third-order valence-corrected chi connectivity index (χ3v) is 10.6. The molecule has 0 spiro atoms. The fourth-order valence-corrected chi connectivity index (χ4v) is 6.81. The molecule has 0 heterocycles. The summed E-state index contributed by atoms with van der Waals surface area (Å²) in [5.41, 5.74) is 0. The fourth-order valence-electron chi connectivity index (χ4n) is 6.07. The lowest BCUT2D eigenvalue weighted by molar-refractivity contribution is -0.870. The van der Waals surface area contributed by atoms with Gasteiger partial charge in [-0.2, -0.15) is 0 Å². The summed E-state index contributed by atoms with van der Waals surface area (Å²) in [4.78, 5) is 23.1. The van der Waals surface area contributed by atoms with Crippen LogP contribution in [-0.2, 0) is 18.4 Å². The van der Waals surface area contributed by atoms with Crippen molar-refractivity contribution in [1.82, 2.24) is 5.32 Å². The SMILES string of the molecule is CCCCCC/C=C/CC/C=C/CC/C=C/C(O)C(COP(=O)(O)OCC[N+](C)(C)C)NC(=O)CCCCCCCCCCCCCCCCCCC. The van der Waals surface area contributed by atoms with Crippen LogP contribution in [0.3, 0.4) is 0 Å². The van der Waals surface area contributed by atoms with E-state index in [4.69, 9.17) is 9.05 Å². The van der Waals surface area contributed by atoms with Crippen LogP contribution in [0.4, 0.5) is 0 Å². The first-order valence-corrected chi connectivity index (χ1v) is 23.4. The molecule has 0 aliphatic rings. The zero-order valence-electron chi connectivity index (χ0n) is 35.3. The molecule has 0 aromatic heterocycles. The molecule has 0 fully saturated rings. The van der Waals surface area contributed by atoms with Gasteiger partial charge in [-0.3, -0.25) is 13.8 Å². The number of quaternary nitrogens is 1. The highest BCUT2D eigenvalue weighted by Gasteiger charge is 2.27. The van der Waals surface area contributed by atoms with Gasteiger partial charge in [0.25, 0.3) is 0 Å². The number of carbonyl (C=O) groups is 1. The number of aliphatic hydroxyl groups excluding tert-OH is 1. The predicted octanol–water partition coefficient (Wildman–Crippen LogP) is 11.9. The minimum absolute atomic E-state index is 0.0545. The monoisotopic (exact) mass is 770 g/mol. The zero-order chi connectivity index (χ0) is 39.3. The number of rotatable bonds is 39. The summed E-state index contributed by atoms with van der Waals surface area (Å²) in [5, 5.41) is 13.8. The van der Waals surface area contributed by atoms with Crippen molar-refractivity contribution in [3.8, 4) is 0 Å². The van der Waals surface area contributed by atoms with Crippen molar-refractivity contribution in [2.75, 3.05) is 40.9 Å². The Morgan fingerprint density at radius 2 is 1.04 bits per heavy atom. The third-order valence-electron chi connectivity index (χ3n) is 9.59. The summed E-state index contributed by atoms with van der Waals surface area (Å²) >= 11 is 0. The minimum atomic E-state index is -4.34. The number of aliphatic hydroxyl groups is 1. The van der Waals surface area contributed by atoms with Crippen molar-refractivity contribution in [3.05, 3.63) is 36.5 Å². The Hall–Kier alpha value is -1.28. The summed E-state index contributed by atoms with van der Waals surface area (Å²) in [6.45, 7) is 4.76. The molecule has 0 bridgehead atoms. The highest BCUT2D eigenvalue weighted by Crippen LogP contribution is 2.43. The maximum atomic E-state index is 12.8. The molecule has 0 saturated heterocycles. The summed E-state index contributed by atoms with van der Waals surface area (Å²) in [6.07, 6.45) is 43.5. The topological polar surface area (TPSA) is 105 Å². The number of amides is 1. The van der Waals surface area contributed by atoms with Crippen LogP contribution in [0.15, 0.2) is 36.5 Å². The van der Waals surface area contributed by atoms with Gasteiger partial charge < -0.3 is 19.8 Å². The Kier molecular flexibility index (Phi) is 35.5. The lowest BCUT2D eigenvalue weighted by Crippen LogP contribution is -2.45. The smallest absolute Gasteiger partial charge is 0.387 e. The fraction of sp³-hybridized carbons (Fsp3) is 0.841. The lowest BCUT2D eigenvalue weighted by Gasteiger charge is -2.25. The first-order chi connectivity index (χ1) is 25.5. The van der Waals surface area contributed by atoms with E-state index in [-0.39, 0.29) is 19.1 Å². The van der Waals surface area contributed by atoms with Crippen LogP contribution >= 0.6 is 7.82 Å². The standard InChI is InChI=1S/C44H85N2O6P/c1-6-8-10-12-14-16-18-20-22-23-24-26-28-30-32-34-36-38-44(48)45-42(41-52-53(49,50)51-40-39-46(3,4)5)43(47)37-35-33-31-29-27-25-21-19-17-15-13-11-9-7-2/h17,19,27,29,35,37,42-43,47H,6-16,18,20-26,28,30-34,36,38-41H2,1-5H3,(H-,45,48,49,50)/p+1/b19-17+,29-27+,37-35+. The number of phosphoric ester groups is 1. The predicted molar refractivity (Wildman–Crippen MR) is 226 cm³/mol. The van der Waals surface area contributed by atoms with Crippen LogP contribution in [0, 0.1) is 0 Å². The molecule has 8 nitrogen and oxygen atoms in total. The molecule has 0 aromatic carbocycles. The Morgan fingerprint density at radius 1 is 0.623 bits per heavy atom. The second-order valence-corrected chi connectivity index (χ2v) is 17.5. The van der Waals surface area contributed by atoms with Crippen LogP contribution in [0.1, 0.15) is 187 Å². The molecule has 3 atom stereocenters. The van der Waals surface area contributed by atoms with Crippen LogP contribution < -0.4 is 5.32 Å². The van der Waals surface area contributed by atoms with Crippen LogP contribution in [0.2, 0.25) is 0 Å². The van der Waals surface area contributed by atoms with E-state index in [1.165, 1.54) is 122 Å². The van der Waals surface area contributed by atoms with Gasteiger partial charge in [0.05, 0.1) is 39.9 Å². The number of nitrogens with zero attached hydrogens (tertiary/aromatic N) is 1. The second kappa shape index (κ2) is 36.4. The van der Waals surface area contributed by atoms with Crippen molar-refractivity contribution >= 4 is 13.7 Å². The highest BCUT2D eigenvalue weighted by atomic mass is 31.2. The molecule has 0 saturated carbocycles. The van der Waals surface area contributed by atoms with Crippen LogP contribution in [0.5, 0.6) is 0 Å². The van der Waals surface area contributed by atoms with E-state index < -0.39 is 20.0 Å². The first-order valence-electron chi connectivity index (χ1n) is 21.9. The van der Waals surface area contributed by atoms with Gasteiger partial charge in [0.2, 0.25) is 5.91 Å². The van der Waals surface area contributed by atoms with Gasteiger partial charge in [0, 0.05) is 6.42 Å². The van der Waals surface area contributed by atoms with Gasteiger partial charge in [-0.15, -0.1) is 0 Å². The van der Waals surface area contributed by atoms with Gasteiger partial charge >= 0.3 is 7.82 Å². The zero-order valence-corrected chi connectivity index (χ0v) is 36.1. The minimum Gasteiger partial charge on any atom is -0.387 e. The van der Waals surface area contributed by atoms with Gasteiger partial charge in [-0.1, -0.05) is 172 Å². The van der Waals surface area contributed by atoms with E-state index in [0.717, 1.165) is 44.9 Å². The van der Waals surface area contributed by atoms with E-state index in [2.05, 4.69) is 43.5 Å². The largest absolute Gasteiger partial charge is 0.472 e. The number of likely N-dealkylation sites (N-methyl/N-ethyl adjacent to an activating group) is 1. The Labute approximate surface area is 327 Å². The second-order valence-electron chi connectivity index (χ2n) is 16.1. The number of unbranched alkanes of at least 4 members (excludes halogenated alkanes) is 22. The van der Waals surface area contributed by atoms with E-state index in [9.17, 15) is 19.4 Å². The quantitative estimate of drug-likeness (QED) is 0.0249. The molecule has 0 rings (SSSR count). The summed E-state index contributed by atoms with van der Waals surface area (Å²) in [6, 6.07) is -0.865. The molecule has 312 valence electrons. The number of hydrogen-bond donors (Lipinski definition) is 3. The molecular formula is C44H86N2O6P+. The maximum absolute atomic E-state index is 12.8. The maximum Gasteiger partial charge on any atom is 0.472 e. The lowest BCUT2D eigenvalue weighted by atomic mass is 10.0. The highest BCUT2D eigenvalue weighted by molar-refractivity contribution is 7.47. The Morgan fingerprint density at radius 3 is 1.51 bits per heavy atom.